The predicted molar refractivity (Wildman–Crippen MR) is 301 cm³/mol. The molecule has 0 amide bonds. The molecule has 0 atom stereocenters. The topological polar surface area (TPSA) is 9.86 Å². The quantitative estimate of drug-likeness (QED) is 0.163. The molecule has 4 aliphatic rings. The minimum absolute atomic E-state index is 0.0413. The summed E-state index contributed by atoms with van der Waals surface area (Å²) in [6, 6.07) is 83.4. The van der Waals surface area contributed by atoms with E-state index in [1.54, 1.807) is 11.1 Å². The maximum atomic E-state index is 2.61. The van der Waals surface area contributed by atoms with Gasteiger partial charge >= 0.3 is 0 Å². The maximum absolute atomic E-state index is 2.61. The summed E-state index contributed by atoms with van der Waals surface area (Å²) in [5.41, 5.74) is 27.2. The lowest BCUT2D eigenvalue weighted by Crippen LogP contribution is -2.21. The third-order valence-electron chi connectivity index (χ3n) is 18.0. The summed E-state index contributed by atoms with van der Waals surface area (Å²) in [5, 5.41) is 5.19. The SMILES string of the molecule is c1ccc(-n2c3ccccc3c3cc(-c4ccc5c(c4)C4(CCCC4)c4cc(-c6ccc7c(c6)C6(CCCC6)c6cc(-c8ccc9c(c8)c8ccccc8n9-c8ccccc8)ccc6-7)ccc4-5)ccc32)cc1. The number of hydrogen-bond donors (Lipinski definition) is 0. The zero-order chi connectivity index (χ0) is 47.1. The van der Waals surface area contributed by atoms with Crippen LogP contribution in [0, 0.1) is 0 Å². The molecule has 2 heteroatoms. The summed E-state index contributed by atoms with van der Waals surface area (Å²) in [6.45, 7) is 0. The molecule has 72 heavy (non-hydrogen) atoms. The molecule has 0 unspecified atom stereocenters. The van der Waals surface area contributed by atoms with Crippen molar-refractivity contribution >= 4 is 43.6 Å². The minimum Gasteiger partial charge on any atom is -0.309 e. The average molecular weight is 921 g/mol. The van der Waals surface area contributed by atoms with Gasteiger partial charge in [-0.1, -0.05) is 159 Å². The first-order valence-corrected chi connectivity index (χ1v) is 26.4. The van der Waals surface area contributed by atoms with Crippen molar-refractivity contribution in [2.45, 2.75) is 62.2 Å². The number of benzene rings is 10. The van der Waals surface area contributed by atoms with Gasteiger partial charge in [0.05, 0.1) is 22.1 Å². The fourth-order valence-electron chi connectivity index (χ4n) is 14.8. The molecule has 342 valence electrons. The number of aromatic nitrogens is 2. The van der Waals surface area contributed by atoms with E-state index in [2.05, 4.69) is 228 Å². The molecule has 2 heterocycles. The van der Waals surface area contributed by atoms with Crippen molar-refractivity contribution in [3.8, 4) is 67.0 Å². The minimum atomic E-state index is 0.0413. The summed E-state index contributed by atoms with van der Waals surface area (Å²) in [4.78, 5) is 0. The number of para-hydroxylation sites is 4. The van der Waals surface area contributed by atoms with Crippen molar-refractivity contribution in [1.29, 1.82) is 0 Å². The number of rotatable bonds is 5. The highest BCUT2D eigenvalue weighted by atomic mass is 15.0. The molecule has 0 N–H and O–H groups in total. The highest BCUT2D eigenvalue weighted by Gasteiger charge is 2.47. The average Bonchev–Trinajstić information content (AvgIpc) is 4.32. The predicted octanol–water partition coefficient (Wildman–Crippen LogP) is 18.6. The van der Waals surface area contributed by atoms with E-state index in [0.29, 0.717) is 0 Å². The Balaban J connectivity index is 0.760. The van der Waals surface area contributed by atoms with Crippen LogP contribution in [0.15, 0.2) is 218 Å². The van der Waals surface area contributed by atoms with E-state index < -0.39 is 0 Å². The third kappa shape index (κ3) is 5.61. The second-order valence-electron chi connectivity index (χ2n) is 21.5. The van der Waals surface area contributed by atoms with Gasteiger partial charge in [0.2, 0.25) is 0 Å². The van der Waals surface area contributed by atoms with Crippen molar-refractivity contribution in [1.82, 2.24) is 9.13 Å². The first-order chi connectivity index (χ1) is 35.6. The second kappa shape index (κ2) is 15.2. The largest absolute Gasteiger partial charge is 0.309 e. The molecular formula is C70H52N2. The van der Waals surface area contributed by atoms with Gasteiger partial charge in [-0.15, -0.1) is 0 Å². The Morgan fingerprint density at radius 3 is 0.903 bits per heavy atom. The molecule has 12 aromatic rings. The van der Waals surface area contributed by atoms with Crippen molar-refractivity contribution in [3.05, 3.63) is 241 Å². The molecule has 2 fully saturated rings. The van der Waals surface area contributed by atoms with E-state index in [4.69, 9.17) is 0 Å². The standard InChI is InChI=1S/C70H52N2/c1-3-15-51(16-4-1)71-65-21-9-7-19-57(65)59-39-45(27-33-67(59)71)47-23-29-53-55-31-25-49(43-63(55)69(61(53)41-47)35-11-12-36-69)50-26-32-56-54-30-24-48(42-62(54)70(64(56)44-50)37-13-14-38-70)46-28-34-68-60(40-46)58-20-8-10-22-66(58)72(68)52-17-5-2-6-18-52/h1-10,15-34,39-44H,11-14,35-38H2. The van der Waals surface area contributed by atoms with Crippen LogP contribution in [0.1, 0.15) is 73.6 Å². The number of hydrogen-bond acceptors (Lipinski definition) is 0. The van der Waals surface area contributed by atoms with Crippen LogP contribution in [0.3, 0.4) is 0 Å². The van der Waals surface area contributed by atoms with Gasteiger partial charge < -0.3 is 9.13 Å². The molecule has 2 nitrogen and oxygen atoms in total. The van der Waals surface area contributed by atoms with Crippen LogP contribution in [0.4, 0.5) is 0 Å². The van der Waals surface area contributed by atoms with Gasteiger partial charge in [-0.25, -0.2) is 0 Å². The van der Waals surface area contributed by atoms with E-state index in [1.807, 2.05) is 0 Å². The summed E-state index contributed by atoms with van der Waals surface area (Å²) in [6.07, 6.45) is 9.89. The van der Waals surface area contributed by atoms with E-state index in [9.17, 15) is 0 Å². The zero-order valence-electron chi connectivity index (χ0n) is 40.3. The molecular weight excluding hydrogens is 869 g/mol. The second-order valence-corrected chi connectivity index (χ2v) is 21.5. The van der Waals surface area contributed by atoms with Crippen LogP contribution in [0.5, 0.6) is 0 Å². The fraction of sp³-hybridized carbons (Fsp3) is 0.143. The molecule has 0 aliphatic heterocycles. The van der Waals surface area contributed by atoms with E-state index in [0.717, 1.165) is 0 Å². The van der Waals surface area contributed by atoms with Gasteiger partial charge in [0.15, 0.2) is 0 Å². The van der Waals surface area contributed by atoms with Crippen LogP contribution < -0.4 is 0 Å². The molecule has 10 aromatic carbocycles. The lowest BCUT2D eigenvalue weighted by atomic mass is 9.75. The molecule has 0 radical (unpaired) electrons. The van der Waals surface area contributed by atoms with E-state index in [-0.39, 0.29) is 10.8 Å². The smallest absolute Gasteiger partial charge is 0.0541 e. The Bertz CT molecular complexity index is 3940. The summed E-state index contributed by atoms with van der Waals surface area (Å²) in [7, 11) is 0. The van der Waals surface area contributed by atoms with E-state index >= 15 is 0 Å². The summed E-state index contributed by atoms with van der Waals surface area (Å²) in [5.74, 6) is 0. The van der Waals surface area contributed by atoms with Crippen LogP contribution in [0.25, 0.3) is 111 Å². The summed E-state index contributed by atoms with van der Waals surface area (Å²) < 4.78 is 4.83. The van der Waals surface area contributed by atoms with Crippen LogP contribution in [-0.4, -0.2) is 9.13 Å². The van der Waals surface area contributed by atoms with Crippen LogP contribution in [0.2, 0.25) is 0 Å². The lowest BCUT2D eigenvalue weighted by Gasteiger charge is -2.28. The monoisotopic (exact) mass is 920 g/mol. The molecule has 2 spiro atoms. The van der Waals surface area contributed by atoms with Gasteiger partial charge in [-0.05, 0) is 189 Å². The van der Waals surface area contributed by atoms with Crippen LogP contribution in [-0.2, 0) is 10.8 Å². The Morgan fingerprint density at radius 2 is 0.542 bits per heavy atom. The summed E-state index contributed by atoms with van der Waals surface area (Å²) >= 11 is 0. The van der Waals surface area contributed by atoms with Gasteiger partial charge in [0, 0.05) is 43.7 Å². The first kappa shape index (κ1) is 40.5. The van der Waals surface area contributed by atoms with Crippen LogP contribution >= 0.6 is 0 Å². The van der Waals surface area contributed by atoms with Crippen molar-refractivity contribution < 1.29 is 0 Å². The molecule has 16 rings (SSSR count). The van der Waals surface area contributed by atoms with Gasteiger partial charge in [-0.2, -0.15) is 0 Å². The molecule has 4 aliphatic carbocycles. The molecule has 0 bridgehead atoms. The highest BCUT2D eigenvalue weighted by molar-refractivity contribution is 6.12. The van der Waals surface area contributed by atoms with Gasteiger partial charge in [0.25, 0.3) is 0 Å². The molecule has 2 aromatic heterocycles. The number of nitrogens with zero attached hydrogens (tertiary/aromatic N) is 2. The Kier molecular flexibility index (Phi) is 8.53. The maximum Gasteiger partial charge on any atom is 0.0541 e. The van der Waals surface area contributed by atoms with Gasteiger partial charge in [-0.3, -0.25) is 0 Å². The van der Waals surface area contributed by atoms with Crippen molar-refractivity contribution in [2.75, 3.05) is 0 Å². The zero-order valence-corrected chi connectivity index (χ0v) is 40.3. The van der Waals surface area contributed by atoms with E-state index in [1.165, 1.54) is 173 Å². The van der Waals surface area contributed by atoms with Gasteiger partial charge in [0.1, 0.15) is 0 Å². The third-order valence-corrected chi connectivity index (χ3v) is 18.0. The van der Waals surface area contributed by atoms with Crippen molar-refractivity contribution in [3.63, 3.8) is 0 Å². The molecule has 2 saturated carbocycles. The highest BCUT2D eigenvalue weighted by Crippen LogP contribution is 2.60. The molecule has 0 saturated heterocycles. The Morgan fingerprint density at radius 1 is 0.250 bits per heavy atom. The normalized spacial score (nSPS) is 15.8. The van der Waals surface area contributed by atoms with Crippen molar-refractivity contribution in [2.24, 2.45) is 0 Å². The first-order valence-electron chi connectivity index (χ1n) is 26.4. The lowest BCUT2D eigenvalue weighted by molar-refractivity contribution is 0.549. The fourth-order valence-corrected chi connectivity index (χ4v) is 14.8. The Labute approximate surface area is 420 Å². The Hall–Kier alpha value is -8.20. The number of fused-ring (bicyclic) bond motifs is 16.